The second-order valence-electron chi connectivity index (χ2n) is 34.1. The Labute approximate surface area is 699 Å². The van der Waals surface area contributed by atoms with Crippen molar-refractivity contribution in [3.05, 3.63) is 111 Å². The number of ketones is 2. The smallest absolute Gasteiger partial charge is 0.312 e. The molecule has 9 bridgehead atoms. The molecule has 8 heterocycles. The molecule has 1 spiro atoms. The molecule has 18 atom stereocenters. The van der Waals surface area contributed by atoms with Crippen molar-refractivity contribution in [3.63, 3.8) is 0 Å². The maximum atomic E-state index is 14.7. The van der Waals surface area contributed by atoms with E-state index in [0.29, 0.717) is 37.5 Å². The Balaban J connectivity index is 0.000000252. The third-order valence-corrected chi connectivity index (χ3v) is 24.8. The summed E-state index contributed by atoms with van der Waals surface area (Å²) < 4.78 is 47.6. The average Bonchev–Trinajstić information content (AvgIpc) is 1.61. The number of piperidine rings is 1. The highest BCUT2D eigenvalue weighted by molar-refractivity contribution is 6.24. The van der Waals surface area contributed by atoms with Crippen molar-refractivity contribution >= 4 is 74.5 Å². The number of amides is 2. The average molecular weight is 1670 g/mol. The minimum Gasteiger partial charge on any atom is -0.507 e. The van der Waals surface area contributed by atoms with Gasteiger partial charge in [-0.05, 0) is 52.8 Å². The van der Waals surface area contributed by atoms with Crippen molar-refractivity contribution in [2.75, 3.05) is 77.7 Å². The topological polar surface area (TPSA) is 429 Å². The number of carbonyl (C=O) groups excluding carboxylic acids is 6. The van der Waals surface area contributed by atoms with Crippen LogP contribution in [0.4, 0.5) is 11.4 Å². The third-order valence-electron chi connectivity index (χ3n) is 24.8. The van der Waals surface area contributed by atoms with Crippen LogP contribution in [0.5, 0.6) is 40.2 Å². The summed E-state index contributed by atoms with van der Waals surface area (Å²) in [6.45, 7) is 34.6. The van der Waals surface area contributed by atoms with Crippen LogP contribution < -0.4 is 30.8 Å². The number of piperazine rings is 1. The molecule has 0 aromatic heterocycles. The van der Waals surface area contributed by atoms with Gasteiger partial charge in [-0.3, -0.25) is 38.8 Å². The molecule has 8 aliphatic rings. The number of phenolic OH excluding ortho intramolecular Hbond substituents is 5. The molecule has 0 aliphatic carbocycles. The number of allylic oxidation sites excluding steroid dienone is 4. The predicted molar refractivity (Wildman–Crippen MR) is 448 cm³/mol. The first-order valence-corrected chi connectivity index (χ1v) is 41.0. The van der Waals surface area contributed by atoms with Crippen molar-refractivity contribution in [1.29, 1.82) is 0 Å². The van der Waals surface area contributed by atoms with E-state index in [9.17, 15) is 74.7 Å². The normalized spacial score (nSPS) is 32.4. The molecule has 8 aliphatic heterocycles. The number of nitrogens with zero attached hydrogens (tertiary/aromatic N) is 6. The number of Topliss-reactive ketones (excluding diaryl/α,β-unsaturated/α-hetero) is 2. The first kappa shape index (κ1) is 92.3. The Bertz CT molecular complexity index is 4980. The van der Waals surface area contributed by atoms with Gasteiger partial charge in [-0.2, -0.15) is 5.10 Å². The summed E-state index contributed by atoms with van der Waals surface area (Å²) in [6, 6.07) is 0. The number of carbonyl (C=O) groups is 6. The Morgan fingerprint density at radius 3 is 1.50 bits per heavy atom. The zero-order valence-electron chi connectivity index (χ0n) is 72.5. The zero-order valence-corrected chi connectivity index (χ0v) is 72.5. The molecule has 0 radical (unpaired) electrons. The van der Waals surface area contributed by atoms with E-state index in [2.05, 4.69) is 44.4 Å². The molecule has 31 heteroatoms. The van der Waals surface area contributed by atoms with Crippen molar-refractivity contribution < 1.29 is 113 Å². The fraction of sp³-hybridized carbons (Fsp3) is 0.562. The van der Waals surface area contributed by atoms with Crippen LogP contribution in [-0.4, -0.2) is 235 Å². The number of esters is 2. The number of phenols is 5. The lowest BCUT2D eigenvalue weighted by Gasteiger charge is -2.38. The van der Waals surface area contributed by atoms with Gasteiger partial charge in [-0.25, -0.2) is 4.99 Å². The molecule has 2 fully saturated rings. The van der Waals surface area contributed by atoms with E-state index in [1.165, 1.54) is 86.7 Å². The lowest BCUT2D eigenvalue weighted by Crippen LogP contribution is -2.47. The van der Waals surface area contributed by atoms with Crippen molar-refractivity contribution in [2.45, 2.75) is 204 Å². The first-order chi connectivity index (χ1) is 56.4. The van der Waals surface area contributed by atoms with E-state index < -0.39 is 172 Å². The van der Waals surface area contributed by atoms with Crippen LogP contribution >= 0.6 is 0 Å². The number of aromatic hydroxyl groups is 5. The minimum atomic E-state index is -2.04. The largest absolute Gasteiger partial charge is 0.507 e. The summed E-state index contributed by atoms with van der Waals surface area (Å²) >= 11 is 0. The number of benzene rings is 4. The van der Waals surface area contributed by atoms with E-state index in [-0.39, 0.29) is 94.2 Å². The summed E-state index contributed by atoms with van der Waals surface area (Å²) in [5, 5.41) is 117. The van der Waals surface area contributed by atoms with Gasteiger partial charge in [-0.1, -0.05) is 106 Å². The van der Waals surface area contributed by atoms with Crippen molar-refractivity contribution in [1.82, 2.24) is 14.8 Å². The predicted octanol–water partition coefficient (Wildman–Crippen LogP) is 9.08. The fourth-order valence-corrected chi connectivity index (χ4v) is 17.2. The van der Waals surface area contributed by atoms with Crippen LogP contribution in [-0.2, 0) is 47.6 Å². The minimum absolute atomic E-state index is 0.0538. The second-order valence-corrected chi connectivity index (χ2v) is 34.1. The number of hydrazone groups is 1. The highest BCUT2D eigenvalue weighted by Gasteiger charge is 2.53. The Morgan fingerprint density at radius 2 is 1.04 bits per heavy atom. The van der Waals surface area contributed by atoms with Gasteiger partial charge in [-0.15, -0.1) is 0 Å². The Hall–Kier alpha value is -9.99. The number of fused-ring (bicyclic) bond motifs is 15. The van der Waals surface area contributed by atoms with Crippen LogP contribution in [0.15, 0.2) is 87.4 Å². The number of anilines is 2. The Kier molecular flexibility index (Phi) is 28.6. The van der Waals surface area contributed by atoms with Gasteiger partial charge in [0.1, 0.15) is 57.3 Å². The van der Waals surface area contributed by atoms with E-state index >= 15 is 0 Å². The number of methoxy groups -OCH3 is 2. The summed E-state index contributed by atoms with van der Waals surface area (Å²) in [4.78, 5) is 95.5. The van der Waals surface area contributed by atoms with E-state index in [0.717, 1.165) is 32.7 Å². The van der Waals surface area contributed by atoms with Gasteiger partial charge in [0, 0.05) is 181 Å². The molecule has 4 aromatic rings. The van der Waals surface area contributed by atoms with Gasteiger partial charge in [0.05, 0.1) is 94.2 Å². The fourth-order valence-electron chi connectivity index (χ4n) is 17.2. The zero-order chi connectivity index (χ0) is 88.5. The summed E-state index contributed by atoms with van der Waals surface area (Å²) in [7, 11) is 4.89. The van der Waals surface area contributed by atoms with Crippen LogP contribution in [0.1, 0.15) is 161 Å². The molecule has 2 saturated heterocycles. The van der Waals surface area contributed by atoms with E-state index in [4.69, 9.17) is 42.9 Å². The molecular formula is C89H120N8O23. The highest BCUT2D eigenvalue weighted by atomic mass is 16.7. The number of hydrogen-bond donors (Lipinski definition) is 11. The number of aliphatic hydroxyl groups is 4. The first-order valence-electron chi connectivity index (χ1n) is 41.0. The van der Waals surface area contributed by atoms with Crippen LogP contribution in [0.2, 0.25) is 0 Å². The van der Waals surface area contributed by atoms with Crippen molar-refractivity contribution in [3.8, 4) is 40.2 Å². The summed E-state index contributed by atoms with van der Waals surface area (Å²) in [6.07, 6.45) is 9.93. The number of aliphatic hydroxyl groups excluding tert-OH is 4. The van der Waals surface area contributed by atoms with Gasteiger partial charge in [0.15, 0.2) is 11.5 Å². The molecule has 12 rings (SSSR count). The standard InChI is InChI=1S/C46H62N4O11.C43H58N4O12/c1-22(2)21-50-18-16-46(17-19-50)48-34-31-32-39(54)28(8)42-33(31)43(56)45(10,61-42)59-20-15-30(58-11)25(5)41(60-29(9)51)27(7)38(53)26(6)37(52)23(3)13-12-14-24(4)44(57)47-36(40(32)55)35(34)49-46;1-21-12-11-13-22(2)42(55)45-33-28(20-44-47-17-15-46(9)16-18-47)37(52)30-31(38(33)53)36(51)26(6)40-32(30)41(54)43(8,59-40)57-19-14-29(56-10)23(3)39(58-27(7)48)25(5)35(50)24(4)34(21)49/h12-15,20,22-23,25-27,30,37-38,41,48,52-55H,16-19,21H2,1-11H3;11-14,19-21,23-25,29,34-35,39,49-53H,15-18H2,1-10H3,(H,45,55)/b13-12+,20-15+,24-14-,47-36?;12-11+,19-14+,22-13-,44-20+/t23-,25+,26+,27+,30-,37-,38+,41+,45-;21-,23+,24+,25+,29-,34-,35+,39+,43-/m00/s1. The summed E-state index contributed by atoms with van der Waals surface area (Å²) in [5.74, 6) is -14.9. The van der Waals surface area contributed by atoms with Gasteiger partial charge in [0.2, 0.25) is 0 Å². The third kappa shape index (κ3) is 18.4. The van der Waals surface area contributed by atoms with Gasteiger partial charge < -0.3 is 104 Å². The Morgan fingerprint density at radius 1 is 0.583 bits per heavy atom. The van der Waals surface area contributed by atoms with Crippen LogP contribution in [0, 0.1) is 67.1 Å². The van der Waals surface area contributed by atoms with Gasteiger partial charge >= 0.3 is 23.5 Å². The molecule has 11 N–H and O–H groups in total. The number of nitrogens with one attached hydrogen (secondary N) is 2. The number of likely N-dealkylation sites (tertiary alicyclic amines) is 1. The number of rotatable bonds is 8. The second kappa shape index (κ2) is 37.2. The maximum absolute atomic E-state index is 14.7. The molecule has 0 saturated carbocycles. The SMILES string of the molecule is CO[C@H]1/C=C/O[C@@]2(C)Oc3c(C)c(O)c4c(O)c(c(/C=N/N5CCN(C)CC5)c(O)c4c3C2=O)NC(=O)/C(C)=C\C=C\[C@H](C)[C@H](O)[C@@H](C)[C@@H](O)[C@@H](C)[C@H](OC(C)=O)[C@@H]1C.CO[C@H]1/C=C/O[C@@]2(C)Oc3c(C)c(O)c4c(O)c(c5c(c4c3C2=O)NC2(CCN(CC(C)C)CC2)N=5)=NC(=O)/C(C)=C\C=C\[C@H](C)[C@H](O)[C@@H](C)[C@@H](O)[C@@H](C)[C@H](OC(C)=O)[C@@H]1C. The number of hydrogen-bond acceptors (Lipinski definition) is 29. The lowest BCUT2D eigenvalue weighted by atomic mass is 9.78. The molecule has 4 aromatic carbocycles. The number of ether oxygens (including phenoxy) is 8. The molecular weight excluding hydrogens is 1550 g/mol. The molecule has 2 amide bonds. The van der Waals surface area contributed by atoms with E-state index in [1.54, 1.807) is 111 Å². The monoisotopic (exact) mass is 1670 g/mol. The molecule has 31 nitrogen and oxygen atoms in total. The number of likely N-dealkylation sites (N-methyl/N-ethyl adjacent to an activating group) is 1. The lowest BCUT2D eigenvalue weighted by molar-refractivity contribution is -0.161. The van der Waals surface area contributed by atoms with Crippen molar-refractivity contribution in [2.24, 2.45) is 68.3 Å². The molecule has 0 unspecified atom stereocenters. The molecule has 654 valence electrons. The highest BCUT2D eigenvalue weighted by Crippen LogP contribution is 2.56. The van der Waals surface area contributed by atoms with Crippen LogP contribution in [0.25, 0.3) is 21.5 Å². The van der Waals surface area contributed by atoms with E-state index in [1.807, 2.05) is 7.05 Å². The maximum Gasteiger partial charge on any atom is 0.312 e. The quantitative estimate of drug-likeness (QED) is 0.0339. The summed E-state index contributed by atoms with van der Waals surface area (Å²) in [5.41, 5.74) is -0.461. The van der Waals surface area contributed by atoms with Crippen LogP contribution in [0.3, 0.4) is 0 Å². The van der Waals surface area contributed by atoms with Gasteiger partial charge in [0.25, 0.3) is 23.4 Å². The molecule has 120 heavy (non-hydrogen) atoms.